The summed E-state index contributed by atoms with van der Waals surface area (Å²) in [5.41, 5.74) is -1.84. The maximum atomic E-state index is 13.9. The van der Waals surface area contributed by atoms with Gasteiger partial charge < -0.3 is 10.2 Å². The molecule has 0 aliphatic carbocycles. The molecule has 1 atom stereocenters. The van der Waals surface area contributed by atoms with E-state index in [0.29, 0.717) is 6.07 Å². The first-order valence-electron chi connectivity index (χ1n) is 9.47. The van der Waals surface area contributed by atoms with E-state index in [1.165, 1.54) is 4.90 Å². The van der Waals surface area contributed by atoms with Gasteiger partial charge in [-0.2, -0.15) is 13.2 Å². The second kappa shape index (κ2) is 8.71. The van der Waals surface area contributed by atoms with E-state index in [1.54, 1.807) is 0 Å². The molecule has 2 aromatic carbocycles. The minimum Gasteiger partial charge on any atom is -0.370 e. The summed E-state index contributed by atoms with van der Waals surface area (Å²) in [5.74, 6) is -4.84. The van der Waals surface area contributed by atoms with Crippen molar-refractivity contribution in [2.75, 3.05) is 29.6 Å². The van der Waals surface area contributed by atoms with Crippen LogP contribution < -0.4 is 10.2 Å². The highest BCUT2D eigenvalue weighted by Gasteiger charge is 2.38. The molecule has 3 rings (SSSR count). The second-order valence-corrected chi connectivity index (χ2v) is 10.2. The molecule has 0 unspecified atom stereocenters. The standard InChI is InChI=1S/C20H18ClF6N3O2S/c1-33(28,32)17-8-11(2-3-15(17)22)29-18(31)12-9-14(21)13(20(25,26)27)10-16(12)30-6-4-19(23,24)5-7-30/h2-3,8-10,28H,4-7H2,1H3,(H,29,31)/t33-/m1/s1. The van der Waals surface area contributed by atoms with Crippen LogP contribution in [0.2, 0.25) is 5.02 Å². The fourth-order valence-corrected chi connectivity index (χ4v) is 4.44. The number of amides is 1. The Morgan fingerprint density at radius 2 is 1.79 bits per heavy atom. The largest absolute Gasteiger partial charge is 0.417 e. The Hall–Kier alpha value is -2.47. The van der Waals surface area contributed by atoms with E-state index in [4.69, 9.17) is 16.4 Å². The van der Waals surface area contributed by atoms with Gasteiger partial charge in [0.1, 0.15) is 5.82 Å². The predicted molar refractivity (Wildman–Crippen MR) is 112 cm³/mol. The van der Waals surface area contributed by atoms with Gasteiger partial charge in [-0.1, -0.05) is 11.6 Å². The maximum absolute atomic E-state index is 13.9. The molecule has 0 radical (unpaired) electrons. The van der Waals surface area contributed by atoms with E-state index >= 15 is 0 Å². The van der Waals surface area contributed by atoms with Crippen molar-refractivity contribution in [1.29, 1.82) is 4.78 Å². The molecule has 0 spiro atoms. The number of rotatable bonds is 4. The summed E-state index contributed by atoms with van der Waals surface area (Å²) in [6, 6.07) is 4.42. The van der Waals surface area contributed by atoms with Gasteiger partial charge in [0.25, 0.3) is 11.8 Å². The first-order valence-corrected chi connectivity index (χ1v) is 11.8. The van der Waals surface area contributed by atoms with Gasteiger partial charge in [0.05, 0.1) is 36.5 Å². The number of piperidine rings is 1. The summed E-state index contributed by atoms with van der Waals surface area (Å²) in [7, 11) is -3.47. The molecule has 33 heavy (non-hydrogen) atoms. The van der Waals surface area contributed by atoms with E-state index in [-0.39, 0.29) is 30.0 Å². The summed E-state index contributed by atoms with van der Waals surface area (Å²) < 4.78 is 101. The van der Waals surface area contributed by atoms with Gasteiger partial charge in [0.15, 0.2) is 0 Å². The van der Waals surface area contributed by atoms with Crippen LogP contribution in [0.25, 0.3) is 0 Å². The van der Waals surface area contributed by atoms with E-state index in [1.807, 2.05) is 0 Å². The molecule has 5 nitrogen and oxygen atoms in total. The van der Waals surface area contributed by atoms with Crippen LogP contribution in [0.4, 0.5) is 37.7 Å². The average molecular weight is 514 g/mol. The summed E-state index contributed by atoms with van der Waals surface area (Å²) in [6.45, 7) is -0.576. The zero-order valence-corrected chi connectivity index (χ0v) is 18.6. The third-order valence-electron chi connectivity index (χ3n) is 5.08. The predicted octanol–water partition coefficient (Wildman–Crippen LogP) is 6.02. The van der Waals surface area contributed by atoms with Crippen molar-refractivity contribution in [3.8, 4) is 0 Å². The molecule has 0 aromatic heterocycles. The zero-order valence-electron chi connectivity index (χ0n) is 17.0. The molecule has 2 N–H and O–H groups in total. The van der Waals surface area contributed by atoms with E-state index in [2.05, 4.69) is 5.32 Å². The van der Waals surface area contributed by atoms with Gasteiger partial charge in [-0.25, -0.2) is 22.2 Å². The molecule has 2 aromatic rings. The molecule has 1 aliphatic rings. The van der Waals surface area contributed by atoms with Crippen molar-refractivity contribution in [3.63, 3.8) is 0 Å². The van der Waals surface area contributed by atoms with E-state index < -0.39 is 61.9 Å². The third-order valence-corrected chi connectivity index (χ3v) is 6.54. The van der Waals surface area contributed by atoms with Gasteiger partial charge in [0, 0.05) is 37.9 Å². The Morgan fingerprint density at radius 1 is 1.18 bits per heavy atom. The maximum Gasteiger partial charge on any atom is 0.417 e. The van der Waals surface area contributed by atoms with Crippen molar-refractivity contribution >= 4 is 38.6 Å². The molecule has 1 aliphatic heterocycles. The number of benzene rings is 2. The number of nitrogens with zero attached hydrogens (tertiary/aromatic N) is 1. The number of anilines is 2. The Balaban J connectivity index is 2.03. The zero-order chi connectivity index (χ0) is 24.8. The molecule has 1 heterocycles. The lowest BCUT2D eigenvalue weighted by molar-refractivity contribution is -0.137. The molecule has 180 valence electrons. The number of hydrogen-bond donors (Lipinski definition) is 2. The quantitative estimate of drug-likeness (QED) is 0.491. The van der Waals surface area contributed by atoms with Crippen molar-refractivity contribution < 1.29 is 35.3 Å². The van der Waals surface area contributed by atoms with Crippen LogP contribution in [0.5, 0.6) is 0 Å². The molecule has 1 saturated heterocycles. The number of carbonyl (C=O) groups excluding carboxylic acids is 1. The van der Waals surface area contributed by atoms with Crippen LogP contribution in [0, 0.1) is 10.6 Å². The second-order valence-electron chi connectivity index (χ2n) is 7.63. The summed E-state index contributed by atoms with van der Waals surface area (Å²) >= 11 is 5.77. The highest BCUT2D eigenvalue weighted by Crippen LogP contribution is 2.40. The van der Waals surface area contributed by atoms with Crippen molar-refractivity contribution in [2.45, 2.75) is 29.8 Å². The van der Waals surface area contributed by atoms with Crippen LogP contribution in [-0.4, -0.2) is 35.4 Å². The molecule has 1 amide bonds. The smallest absolute Gasteiger partial charge is 0.370 e. The number of halogens is 7. The van der Waals surface area contributed by atoms with Crippen molar-refractivity contribution in [3.05, 3.63) is 52.3 Å². The van der Waals surface area contributed by atoms with Gasteiger partial charge in [-0.3, -0.25) is 4.79 Å². The SMILES string of the molecule is C[S@@](=N)(=O)c1cc(NC(=O)c2cc(Cl)c(C(F)(F)F)cc2N2CCC(F)(F)CC2)ccc1F. The molecule has 13 heteroatoms. The van der Waals surface area contributed by atoms with E-state index in [9.17, 15) is 35.3 Å². The van der Waals surface area contributed by atoms with Crippen LogP contribution in [-0.2, 0) is 15.9 Å². The summed E-state index contributed by atoms with van der Waals surface area (Å²) in [4.78, 5) is 13.7. The van der Waals surface area contributed by atoms with Crippen LogP contribution in [0.15, 0.2) is 35.2 Å². The summed E-state index contributed by atoms with van der Waals surface area (Å²) in [6.07, 6.45) is -5.07. The number of nitrogens with one attached hydrogen (secondary N) is 2. The number of hydrogen-bond acceptors (Lipinski definition) is 4. The highest BCUT2D eigenvalue weighted by molar-refractivity contribution is 7.91. The van der Waals surface area contributed by atoms with E-state index in [0.717, 1.165) is 30.5 Å². The minimum atomic E-state index is -4.85. The van der Waals surface area contributed by atoms with Crippen LogP contribution in [0.1, 0.15) is 28.8 Å². The normalized spacial score (nSPS) is 18.0. The molecular formula is C20H18ClF6N3O2S. The molecular weight excluding hydrogens is 496 g/mol. The van der Waals surface area contributed by atoms with Crippen LogP contribution in [0.3, 0.4) is 0 Å². The third kappa shape index (κ3) is 5.72. The Morgan fingerprint density at radius 3 is 2.33 bits per heavy atom. The highest BCUT2D eigenvalue weighted by atomic mass is 35.5. The lowest BCUT2D eigenvalue weighted by Crippen LogP contribution is -2.40. The lowest BCUT2D eigenvalue weighted by Gasteiger charge is -2.34. The number of carbonyl (C=O) groups is 1. The van der Waals surface area contributed by atoms with Gasteiger partial charge in [-0.15, -0.1) is 0 Å². The Kier molecular flexibility index (Phi) is 6.64. The lowest BCUT2D eigenvalue weighted by atomic mass is 10.0. The number of alkyl halides is 5. The summed E-state index contributed by atoms with van der Waals surface area (Å²) in [5, 5.41) is 1.59. The monoisotopic (exact) mass is 513 g/mol. The average Bonchev–Trinajstić information content (AvgIpc) is 2.67. The fourth-order valence-electron chi connectivity index (χ4n) is 3.38. The topological polar surface area (TPSA) is 73.3 Å². The Labute approximate surface area is 190 Å². The first kappa shape index (κ1) is 25.2. The van der Waals surface area contributed by atoms with Crippen molar-refractivity contribution in [2.24, 2.45) is 0 Å². The minimum absolute atomic E-state index is 0.0645. The van der Waals surface area contributed by atoms with Gasteiger partial charge in [0.2, 0.25) is 0 Å². The Bertz CT molecular complexity index is 1190. The molecule has 1 fully saturated rings. The molecule has 0 saturated carbocycles. The fraction of sp³-hybridized carbons (Fsp3) is 0.350. The first-order chi connectivity index (χ1) is 15.1. The van der Waals surface area contributed by atoms with Crippen molar-refractivity contribution in [1.82, 2.24) is 0 Å². The van der Waals surface area contributed by atoms with Gasteiger partial charge >= 0.3 is 6.18 Å². The van der Waals surface area contributed by atoms with Crippen LogP contribution >= 0.6 is 11.6 Å². The molecule has 0 bridgehead atoms. The van der Waals surface area contributed by atoms with Gasteiger partial charge in [-0.05, 0) is 30.3 Å².